The highest BCUT2D eigenvalue weighted by Gasteiger charge is 2.11. The normalized spacial score (nSPS) is 10.6. The predicted octanol–water partition coefficient (Wildman–Crippen LogP) is 3.38. The van der Waals surface area contributed by atoms with Crippen molar-refractivity contribution in [2.45, 2.75) is 6.92 Å². The molecular weight excluding hydrogens is 241 g/mol. The van der Waals surface area contributed by atoms with Gasteiger partial charge in [-0.2, -0.15) is 0 Å². The van der Waals surface area contributed by atoms with Crippen LogP contribution in [0.2, 0.25) is 0 Å². The lowest BCUT2D eigenvalue weighted by molar-refractivity contribution is 0.628. The minimum Gasteiger partial charge on any atom is -0.301 e. The van der Waals surface area contributed by atoms with Crippen molar-refractivity contribution in [3.63, 3.8) is 0 Å². The number of aromatic nitrogens is 3. The van der Waals surface area contributed by atoms with E-state index < -0.39 is 0 Å². The second-order valence-electron chi connectivity index (χ2n) is 4.30. The van der Waals surface area contributed by atoms with Crippen molar-refractivity contribution in [3.8, 4) is 17.1 Å². The fourth-order valence-corrected chi connectivity index (χ4v) is 2.15. The summed E-state index contributed by atoms with van der Waals surface area (Å²) in [5.41, 5.74) is 2.85. The third-order valence-corrected chi connectivity index (χ3v) is 3.00. The zero-order chi connectivity index (χ0) is 13.2. The van der Waals surface area contributed by atoms with E-state index in [0.29, 0.717) is 0 Å². The zero-order valence-electron chi connectivity index (χ0n) is 10.4. The number of hydrogen-bond acceptors (Lipinski definition) is 2. The first kappa shape index (κ1) is 11.6. The van der Waals surface area contributed by atoms with Crippen LogP contribution in [0.4, 0.5) is 4.39 Å². The van der Waals surface area contributed by atoms with E-state index in [9.17, 15) is 4.39 Å². The predicted molar refractivity (Wildman–Crippen MR) is 71.5 cm³/mol. The lowest BCUT2D eigenvalue weighted by Gasteiger charge is -2.09. The highest BCUT2D eigenvalue weighted by atomic mass is 19.1. The van der Waals surface area contributed by atoms with Crippen LogP contribution >= 0.6 is 0 Å². The molecule has 0 radical (unpaired) electrons. The summed E-state index contributed by atoms with van der Waals surface area (Å²) in [6.45, 7) is 2.00. The van der Waals surface area contributed by atoms with Crippen LogP contribution in [0.25, 0.3) is 17.1 Å². The molecule has 0 aliphatic heterocycles. The maximum absolute atomic E-state index is 13.4. The van der Waals surface area contributed by atoms with Gasteiger partial charge in [-0.15, -0.1) is 0 Å². The third kappa shape index (κ3) is 2.12. The summed E-state index contributed by atoms with van der Waals surface area (Å²) < 4.78 is 15.3. The number of aryl methyl sites for hydroxylation is 1. The highest BCUT2D eigenvalue weighted by molar-refractivity contribution is 5.66. The molecule has 0 aliphatic rings. The molecule has 0 saturated heterocycles. The molecule has 0 saturated carbocycles. The molecule has 4 heteroatoms. The Hall–Kier alpha value is -2.49. The third-order valence-electron chi connectivity index (χ3n) is 3.00. The molecule has 94 valence electrons. The van der Waals surface area contributed by atoms with Crippen LogP contribution in [0.5, 0.6) is 0 Å². The smallest absolute Gasteiger partial charge is 0.140 e. The van der Waals surface area contributed by atoms with Crippen molar-refractivity contribution in [1.29, 1.82) is 0 Å². The second-order valence-corrected chi connectivity index (χ2v) is 4.30. The Morgan fingerprint density at radius 1 is 1.16 bits per heavy atom. The molecule has 2 aromatic heterocycles. The van der Waals surface area contributed by atoms with Gasteiger partial charge in [-0.25, -0.2) is 14.4 Å². The molecule has 0 N–H and O–H groups in total. The van der Waals surface area contributed by atoms with Crippen LogP contribution in [0.15, 0.2) is 55.1 Å². The molecule has 3 aromatic rings. The van der Waals surface area contributed by atoms with Crippen LogP contribution in [0, 0.1) is 12.7 Å². The van der Waals surface area contributed by atoms with Crippen molar-refractivity contribution in [2.75, 3.05) is 0 Å². The average molecular weight is 253 g/mol. The van der Waals surface area contributed by atoms with Crippen LogP contribution in [-0.4, -0.2) is 14.5 Å². The topological polar surface area (TPSA) is 30.7 Å². The summed E-state index contributed by atoms with van der Waals surface area (Å²) >= 11 is 0. The van der Waals surface area contributed by atoms with E-state index in [0.717, 1.165) is 22.6 Å². The van der Waals surface area contributed by atoms with Crippen LogP contribution < -0.4 is 0 Å². The highest BCUT2D eigenvalue weighted by Crippen LogP contribution is 2.27. The monoisotopic (exact) mass is 253 g/mol. The largest absolute Gasteiger partial charge is 0.301 e. The summed E-state index contributed by atoms with van der Waals surface area (Å²) in [5, 5.41) is 0. The second kappa shape index (κ2) is 4.65. The Morgan fingerprint density at radius 2 is 2.05 bits per heavy atom. The van der Waals surface area contributed by atoms with Crippen molar-refractivity contribution < 1.29 is 4.39 Å². The van der Waals surface area contributed by atoms with Gasteiger partial charge < -0.3 is 4.57 Å². The molecule has 19 heavy (non-hydrogen) atoms. The number of hydrogen-bond donors (Lipinski definition) is 0. The van der Waals surface area contributed by atoms with Crippen molar-refractivity contribution in [2.24, 2.45) is 0 Å². The van der Waals surface area contributed by atoms with Gasteiger partial charge in [0.05, 0.1) is 5.69 Å². The molecular formula is C15H12FN3. The van der Waals surface area contributed by atoms with Crippen molar-refractivity contribution in [1.82, 2.24) is 14.5 Å². The maximum atomic E-state index is 13.4. The lowest BCUT2D eigenvalue weighted by Crippen LogP contribution is -1.99. The number of rotatable bonds is 2. The standard InChI is InChI=1S/C15H12FN3/c1-11-6-8-19(14-5-7-17-10-18-14)15(11)12-3-2-4-13(16)9-12/h2-10H,1H3. The van der Waals surface area contributed by atoms with Crippen LogP contribution in [-0.2, 0) is 0 Å². The van der Waals surface area contributed by atoms with Crippen LogP contribution in [0.3, 0.4) is 0 Å². The number of benzene rings is 1. The zero-order valence-corrected chi connectivity index (χ0v) is 10.4. The number of nitrogens with zero attached hydrogens (tertiary/aromatic N) is 3. The minimum absolute atomic E-state index is 0.243. The molecule has 3 nitrogen and oxygen atoms in total. The molecule has 0 unspecified atom stereocenters. The Morgan fingerprint density at radius 3 is 2.79 bits per heavy atom. The van der Waals surface area contributed by atoms with Crippen molar-refractivity contribution >= 4 is 0 Å². The average Bonchev–Trinajstić information content (AvgIpc) is 2.82. The van der Waals surface area contributed by atoms with Gasteiger partial charge in [0.1, 0.15) is 18.0 Å². The summed E-state index contributed by atoms with van der Waals surface area (Å²) in [7, 11) is 0. The molecule has 0 amide bonds. The maximum Gasteiger partial charge on any atom is 0.140 e. The molecule has 1 aromatic carbocycles. The van der Waals surface area contributed by atoms with Crippen LogP contribution in [0.1, 0.15) is 5.56 Å². The van der Waals surface area contributed by atoms with E-state index in [1.165, 1.54) is 18.5 Å². The van der Waals surface area contributed by atoms with E-state index >= 15 is 0 Å². The summed E-state index contributed by atoms with van der Waals surface area (Å²) in [4.78, 5) is 8.14. The van der Waals surface area contributed by atoms with E-state index in [2.05, 4.69) is 9.97 Å². The SMILES string of the molecule is Cc1ccn(-c2ccncn2)c1-c1cccc(F)c1. The first-order valence-electron chi connectivity index (χ1n) is 5.96. The molecule has 0 aliphatic carbocycles. The molecule has 0 bridgehead atoms. The Bertz CT molecular complexity index is 704. The Labute approximate surface area is 110 Å². The van der Waals surface area contributed by atoms with Gasteiger partial charge in [0.2, 0.25) is 0 Å². The van der Waals surface area contributed by atoms with Gasteiger partial charge in [-0.05, 0) is 36.8 Å². The Balaban J connectivity index is 2.20. The van der Waals surface area contributed by atoms with Gasteiger partial charge in [0.25, 0.3) is 0 Å². The van der Waals surface area contributed by atoms with Gasteiger partial charge in [-0.1, -0.05) is 12.1 Å². The summed E-state index contributed by atoms with van der Waals surface area (Å²) in [6, 6.07) is 10.4. The van der Waals surface area contributed by atoms with Gasteiger partial charge in [0.15, 0.2) is 0 Å². The summed E-state index contributed by atoms with van der Waals surface area (Å²) in [5.74, 6) is 0.523. The van der Waals surface area contributed by atoms with E-state index in [4.69, 9.17) is 0 Å². The molecule has 0 atom stereocenters. The molecule has 3 rings (SSSR count). The van der Waals surface area contributed by atoms with E-state index in [1.807, 2.05) is 35.9 Å². The Kier molecular flexibility index (Phi) is 2.83. The summed E-state index contributed by atoms with van der Waals surface area (Å²) in [6.07, 6.45) is 5.12. The van der Waals surface area contributed by atoms with Gasteiger partial charge in [0, 0.05) is 18.0 Å². The first-order chi connectivity index (χ1) is 9.25. The number of halogens is 1. The first-order valence-corrected chi connectivity index (χ1v) is 5.96. The fourth-order valence-electron chi connectivity index (χ4n) is 2.15. The lowest BCUT2D eigenvalue weighted by atomic mass is 10.1. The minimum atomic E-state index is -0.243. The molecule has 0 fully saturated rings. The van der Waals surface area contributed by atoms with Gasteiger partial charge in [-0.3, -0.25) is 0 Å². The van der Waals surface area contributed by atoms with Crippen molar-refractivity contribution in [3.05, 3.63) is 66.5 Å². The quantitative estimate of drug-likeness (QED) is 0.701. The van der Waals surface area contributed by atoms with E-state index in [1.54, 1.807) is 12.3 Å². The van der Waals surface area contributed by atoms with Gasteiger partial charge >= 0.3 is 0 Å². The molecule has 0 spiro atoms. The fraction of sp³-hybridized carbons (Fsp3) is 0.0667. The van der Waals surface area contributed by atoms with E-state index in [-0.39, 0.29) is 5.82 Å². The molecule has 2 heterocycles.